The molecule has 2 saturated heterocycles. The van der Waals surface area contributed by atoms with E-state index in [0.29, 0.717) is 32.1 Å². The predicted octanol–water partition coefficient (Wildman–Crippen LogP) is 1.44. The molecule has 2 aromatic rings. The highest BCUT2D eigenvalue weighted by Crippen LogP contribution is 2.35. The van der Waals surface area contributed by atoms with Crippen molar-refractivity contribution in [3.63, 3.8) is 0 Å². The Balaban J connectivity index is 1.51. The molecule has 4 heterocycles. The maximum atomic E-state index is 12.6. The maximum absolute atomic E-state index is 12.6. The summed E-state index contributed by atoms with van der Waals surface area (Å²) >= 11 is 0. The number of rotatable bonds is 2. The van der Waals surface area contributed by atoms with E-state index in [-0.39, 0.29) is 11.3 Å². The first-order valence-electron chi connectivity index (χ1n) is 8.18. The molecule has 2 aliphatic rings. The molecule has 2 aliphatic heterocycles. The molecule has 0 saturated carbocycles. The Hall–Kier alpha value is -2.41. The van der Waals surface area contributed by atoms with Crippen LogP contribution in [0.15, 0.2) is 41.3 Å². The molecule has 2 aromatic heterocycles. The minimum atomic E-state index is -0.0854. The lowest BCUT2D eigenvalue weighted by atomic mass is 9.87. The van der Waals surface area contributed by atoms with Crippen LogP contribution >= 0.6 is 0 Å². The van der Waals surface area contributed by atoms with Crippen LogP contribution in [0.5, 0.6) is 0 Å². The highest BCUT2D eigenvalue weighted by molar-refractivity contribution is 5.91. The topological polar surface area (TPSA) is 71.7 Å². The van der Waals surface area contributed by atoms with Crippen molar-refractivity contribution in [3.8, 4) is 0 Å². The van der Waals surface area contributed by atoms with E-state index in [9.17, 15) is 4.79 Å². The fraction of sp³-hybridized carbons (Fsp3) is 0.471. The molecule has 24 heavy (non-hydrogen) atoms. The molecule has 0 aliphatic carbocycles. The summed E-state index contributed by atoms with van der Waals surface area (Å²) in [5.41, 5.74) is -0.0854. The van der Waals surface area contributed by atoms with Gasteiger partial charge in [0.25, 0.3) is 5.91 Å². The van der Waals surface area contributed by atoms with Crippen molar-refractivity contribution >= 4 is 11.9 Å². The van der Waals surface area contributed by atoms with Crippen LogP contribution in [-0.4, -0.2) is 60.2 Å². The SMILES string of the molecule is O=C(c1ccco1)N1CCOCC2(CCN(c3ncccn3)C2)C1. The minimum absolute atomic E-state index is 0.0701. The summed E-state index contributed by atoms with van der Waals surface area (Å²) in [6.07, 6.45) is 5.99. The van der Waals surface area contributed by atoms with Crippen molar-refractivity contribution in [3.05, 3.63) is 42.6 Å². The molecule has 1 unspecified atom stereocenters. The lowest BCUT2D eigenvalue weighted by molar-refractivity contribution is 0.0663. The van der Waals surface area contributed by atoms with E-state index >= 15 is 0 Å². The van der Waals surface area contributed by atoms with E-state index in [1.165, 1.54) is 6.26 Å². The van der Waals surface area contributed by atoms with Crippen LogP contribution in [0.3, 0.4) is 0 Å². The summed E-state index contributed by atoms with van der Waals surface area (Å²) < 4.78 is 11.1. The van der Waals surface area contributed by atoms with Gasteiger partial charge in [-0.15, -0.1) is 0 Å². The van der Waals surface area contributed by atoms with Crippen molar-refractivity contribution in [1.82, 2.24) is 14.9 Å². The first-order chi connectivity index (χ1) is 11.8. The van der Waals surface area contributed by atoms with Crippen molar-refractivity contribution < 1.29 is 13.9 Å². The number of aromatic nitrogens is 2. The number of anilines is 1. The highest BCUT2D eigenvalue weighted by atomic mass is 16.5. The number of furan rings is 1. The first-order valence-corrected chi connectivity index (χ1v) is 8.18. The van der Waals surface area contributed by atoms with Crippen LogP contribution in [-0.2, 0) is 4.74 Å². The minimum Gasteiger partial charge on any atom is -0.459 e. The summed E-state index contributed by atoms with van der Waals surface area (Å²) in [6.45, 7) is 4.11. The molecular formula is C17H20N4O3. The quantitative estimate of drug-likeness (QED) is 0.831. The van der Waals surface area contributed by atoms with Gasteiger partial charge in [-0.25, -0.2) is 9.97 Å². The lowest BCUT2D eigenvalue weighted by Crippen LogP contribution is -2.43. The molecule has 1 atom stereocenters. The van der Waals surface area contributed by atoms with Crippen molar-refractivity contribution in [2.24, 2.45) is 5.41 Å². The van der Waals surface area contributed by atoms with Gasteiger partial charge in [0.15, 0.2) is 5.76 Å². The van der Waals surface area contributed by atoms with E-state index in [2.05, 4.69) is 14.9 Å². The normalized spacial score (nSPS) is 24.3. The number of amides is 1. The predicted molar refractivity (Wildman–Crippen MR) is 86.7 cm³/mol. The summed E-state index contributed by atoms with van der Waals surface area (Å²) in [7, 11) is 0. The van der Waals surface area contributed by atoms with E-state index in [1.54, 1.807) is 24.5 Å². The molecule has 1 spiro atoms. The van der Waals surface area contributed by atoms with Crippen LogP contribution in [0.2, 0.25) is 0 Å². The van der Waals surface area contributed by atoms with Crippen LogP contribution in [0, 0.1) is 5.41 Å². The van der Waals surface area contributed by atoms with Gasteiger partial charge in [-0.2, -0.15) is 0 Å². The smallest absolute Gasteiger partial charge is 0.289 e. The summed E-state index contributed by atoms with van der Waals surface area (Å²) in [5.74, 6) is 1.05. The Morgan fingerprint density at radius 3 is 2.83 bits per heavy atom. The molecule has 0 aromatic carbocycles. The first kappa shape index (κ1) is 15.1. The lowest BCUT2D eigenvalue weighted by Gasteiger charge is -2.31. The van der Waals surface area contributed by atoms with E-state index in [0.717, 1.165) is 25.5 Å². The summed E-state index contributed by atoms with van der Waals surface area (Å²) in [4.78, 5) is 25.3. The van der Waals surface area contributed by atoms with Gasteiger partial charge in [0.1, 0.15) is 0 Å². The highest BCUT2D eigenvalue weighted by Gasteiger charge is 2.43. The molecule has 0 bridgehead atoms. The van der Waals surface area contributed by atoms with Gasteiger partial charge in [-0.3, -0.25) is 4.79 Å². The summed E-state index contributed by atoms with van der Waals surface area (Å²) in [6, 6.07) is 5.26. The number of carbonyl (C=O) groups excluding carboxylic acids is 1. The Bertz CT molecular complexity index is 691. The Kier molecular flexibility index (Phi) is 3.93. The number of ether oxygens (including phenoxy) is 1. The summed E-state index contributed by atoms with van der Waals surface area (Å²) in [5, 5.41) is 0. The average Bonchev–Trinajstić information content (AvgIpc) is 3.24. The number of carbonyl (C=O) groups is 1. The van der Waals surface area contributed by atoms with Gasteiger partial charge in [0.05, 0.1) is 19.5 Å². The standard InChI is InChI=1S/C17H20N4O3/c22-15(14-3-1-9-24-14)20-8-10-23-13-17(11-20)4-7-21(12-17)16-18-5-2-6-19-16/h1-3,5-6,9H,4,7-8,10-13H2. The second-order valence-corrected chi connectivity index (χ2v) is 6.48. The number of hydrogen-bond acceptors (Lipinski definition) is 6. The van der Waals surface area contributed by atoms with Crippen molar-refractivity contribution in [2.45, 2.75) is 6.42 Å². The molecule has 1 amide bonds. The molecule has 2 fully saturated rings. The molecule has 0 radical (unpaired) electrons. The zero-order valence-corrected chi connectivity index (χ0v) is 13.4. The molecular weight excluding hydrogens is 308 g/mol. The second-order valence-electron chi connectivity index (χ2n) is 6.48. The van der Waals surface area contributed by atoms with Crippen LogP contribution < -0.4 is 4.90 Å². The average molecular weight is 328 g/mol. The molecule has 7 nitrogen and oxygen atoms in total. The third-order valence-electron chi connectivity index (χ3n) is 4.73. The molecule has 0 N–H and O–H groups in total. The van der Waals surface area contributed by atoms with Gasteiger partial charge in [-0.1, -0.05) is 0 Å². The van der Waals surface area contributed by atoms with Crippen LogP contribution in [0.4, 0.5) is 5.95 Å². The number of hydrogen-bond donors (Lipinski definition) is 0. The van der Waals surface area contributed by atoms with Gasteiger partial charge in [0, 0.05) is 44.0 Å². The molecule has 4 rings (SSSR count). The zero-order valence-electron chi connectivity index (χ0n) is 13.4. The van der Waals surface area contributed by atoms with Crippen LogP contribution in [0.25, 0.3) is 0 Å². The Morgan fingerprint density at radius 1 is 1.17 bits per heavy atom. The third-order valence-corrected chi connectivity index (χ3v) is 4.73. The zero-order chi connectivity index (χ0) is 16.4. The largest absolute Gasteiger partial charge is 0.459 e. The monoisotopic (exact) mass is 328 g/mol. The van der Waals surface area contributed by atoms with Gasteiger partial charge < -0.3 is 19.0 Å². The van der Waals surface area contributed by atoms with E-state index in [4.69, 9.17) is 9.15 Å². The third kappa shape index (κ3) is 2.87. The fourth-order valence-electron chi connectivity index (χ4n) is 3.53. The Morgan fingerprint density at radius 2 is 2.04 bits per heavy atom. The van der Waals surface area contributed by atoms with Gasteiger partial charge >= 0.3 is 0 Å². The fourth-order valence-corrected chi connectivity index (χ4v) is 3.53. The number of nitrogens with zero attached hydrogens (tertiary/aromatic N) is 4. The van der Waals surface area contributed by atoms with Gasteiger partial charge in [-0.05, 0) is 24.6 Å². The van der Waals surface area contributed by atoms with Crippen LogP contribution in [0.1, 0.15) is 17.0 Å². The van der Waals surface area contributed by atoms with E-state index < -0.39 is 0 Å². The van der Waals surface area contributed by atoms with Crippen molar-refractivity contribution in [1.29, 1.82) is 0 Å². The van der Waals surface area contributed by atoms with Crippen molar-refractivity contribution in [2.75, 3.05) is 44.3 Å². The molecule has 126 valence electrons. The maximum Gasteiger partial charge on any atom is 0.289 e. The Labute approximate surface area is 140 Å². The second kappa shape index (κ2) is 6.24. The van der Waals surface area contributed by atoms with Gasteiger partial charge in [0.2, 0.25) is 5.95 Å². The van der Waals surface area contributed by atoms with E-state index in [1.807, 2.05) is 11.0 Å². The molecule has 7 heteroatoms.